The maximum atomic E-state index is 11.8. The standard InChI is InChI=1S/C15H26N4O3S/c1-16-15(17-5-7-19-6-2-8-23(19,20)21)18-9-11-12(10-18)14-4-3-13(11)22-14/h11-14H,2-10H2,1H3,(H,16,17). The van der Waals surface area contributed by atoms with E-state index in [1.807, 2.05) is 0 Å². The lowest BCUT2D eigenvalue weighted by molar-refractivity contribution is 0.0767. The van der Waals surface area contributed by atoms with E-state index in [0.717, 1.165) is 25.5 Å². The molecule has 7 nitrogen and oxygen atoms in total. The van der Waals surface area contributed by atoms with Crippen LogP contribution in [0, 0.1) is 11.8 Å². The van der Waals surface area contributed by atoms with Crippen molar-refractivity contribution in [2.24, 2.45) is 16.8 Å². The van der Waals surface area contributed by atoms with Crippen LogP contribution in [0.1, 0.15) is 19.3 Å². The quantitative estimate of drug-likeness (QED) is 0.563. The normalized spacial score (nSPS) is 39.2. The van der Waals surface area contributed by atoms with Crippen molar-refractivity contribution in [3.05, 3.63) is 0 Å². The van der Waals surface area contributed by atoms with E-state index < -0.39 is 10.0 Å². The molecule has 4 unspecified atom stereocenters. The first-order valence-corrected chi connectivity index (χ1v) is 10.3. The van der Waals surface area contributed by atoms with E-state index in [4.69, 9.17) is 4.74 Å². The molecule has 4 saturated heterocycles. The minimum atomic E-state index is -3.01. The first-order chi connectivity index (χ1) is 11.1. The number of nitrogens with zero attached hydrogens (tertiary/aromatic N) is 3. The van der Waals surface area contributed by atoms with Crippen LogP contribution in [-0.2, 0) is 14.8 Å². The van der Waals surface area contributed by atoms with Crippen LogP contribution >= 0.6 is 0 Å². The molecule has 1 N–H and O–H groups in total. The van der Waals surface area contributed by atoms with E-state index >= 15 is 0 Å². The van der Waals surface area contributed by atoms with E-state index in [-0.39, 0.29) is 0 Å². The Morgan fingerprint density at radius 2 is 1.96 bits per heavy atom. The van der Waals surface area contributed by atoms with Crippen LogP contribution in [0.15, 0.2) is 4.99 Å². The Bertz CT molecular complexity index is 576. The first-order valence-electron chi connectivity index (χ1n) is 8.67. The van der Waals surface area contributed by atoms with Gasteiger partial charge < -0.3 is 15.0 Å². The smallest absolute Gasteiger partial charge is 0.214 e. The number of sulfonamides is 1. The summed E-state index contributed by atoms with van der Waals surface area (Å²) in [6.07, 6.45) is 4.05. The molecule has 0 aromatic carbocycles. The summed E-state index contributed by atoms with van der Waals surface area (Å²) in [7, 11) is -1.21. The molecular formula is C15H26N4O3S. The van der Waals surface area contributed by atoms with Crippen LogP contribution in [0.25, 0.3) is 0 Å². The van der Waals surface area contributed by atoms with Crippen molar-refractivity contribution in [2.45, 2.75) is 31.5 Å². The Balaban J connectivity index is 1.30. The van der Waals surface area contributed by atoms with Crippen LogP contribution in [0.3, 0.4) is 0 Å². The van der Waals surface area contributed by atoms with Gasteiger partial charge in [-0.3, -0.25) is 4.99 Å². The number of nitrogens with one attached hydrogen (secondary N) is 1. The van der Waals surface area contributed by atoms with Gasteiger partial charge in [-0.25, -0.2) is 12.7 Å². The van der Waals surface area contributed by atoms with Gasteiger partial charge in [-0.05, 0) is 19.3 Å². The Morgan fingerprint density at radius 1 is 1.26 bits per heavy atom. The maximum absolute atomic E-state index is 11.8. The van der Waals surface area contributed by atoms with E-state index in [9.17, 15) is 8.42 Å². The molecule has 4 aliphatic rings. The van der Waals surface area contributed by atoms with Gasteiger partial charge in [-0.15, -0.1) is 0 Å². The molecule has 0 amide bonds. The van der Waals surface area contributed by atoms with Crippen molar-refractivity contribution in [3.63, 3.8) is 0 Å². The summed E-state index contributed by atoms with van der Waals surface area (Å²) in [6.45, 7) is 3.80. The van der Waals surface area contributed by atoms with Crippen LogP contribution in [0.5, 0.6) is 0 Å². The van der Waals surface area contributed by atoms with Crippen LogP contribution in [0.2, 0.25) is 0 Å². The largest absolute Gasteiger partial charge is 0.374 e. The van der Waals surface area contributed by atoms with E-state index in [1.54, 1.807) is 11.4 Å². The zero-order chi connectivity index (χ0) is 16.0. The van der Waals surface area contributed by atoms with Crippen molar-refractivity contribution in [1.82, 2.24) is 14.5 Å². The molecule has 0 saturated carbocycles. The molecule has 130 valence electrons. The van der Waals surface area contributed by atoms with Crippen LogP contribution < -0.4 is 5.32 Å². The van der Waals surface area contributed by atoms with Gasteiger partial charge in [0.25, 0.3) is 0 Å². The van der Waals surface area contributed by atoms with Crippen molar-refractivity contribution >= 4 is 16.0 Å². The highest BCUT2D eigenvalue weighted by Crippen LogP contribution is 2.47. The Kier molecular flexibility index (Phi) is 4.01. The van der Waals surface area contributed by atoms with E-state index in [2.05, 4.69) is 15.2 Å². The number of rotatable bonds is 3. The molecule has 0 aromatic heterocycles. The molecular weight excluding hydrogens is 316 g/mol. The van der Waals surface area contributed by atoms with Crippen molar-refractivity contribution in [1.29, 1.82) is 0 Å². The molecule has 8 heteroatoms. The average Bonchev–Trinajstić information content (AvgIpc) is 3.25. The third-order valence-electron chi connectivity index (χ3n) is 5.81. The molecule has 2 bridgehead atoms. The average molecular weight is 342 g/mol. The zero-order valence-electron chi connectivity index (χ0n) is 13.6. The van der Waals surface area contributed by atoms with Gasteiger partial charge in [0.2, 0.25) is 10.0 Å². The van der Waals surface area contributed by atoms with Crippen molar-refractivity contribution in [3.8, 4) is 0 Å². The molecule has 23 heavy (non-hydrogen) atoms. The minimum Gasteiger partial charge on any atom is -0.374 e. The highest BCUT2D eigenvalue weighted by molar-refractivity contribution is 7.89. The minimum absolute atomic E-state index is 0.292. The van der Waals surface area contributed by atoms with Crippen LogP contribution in [0.4, 0.5) is 0 Å². The second-order valence-electron chi connectivity index (χ2n) is 7.07. The fourth-order valence-electron chi connectivity index (χ4n) is 4.70. The monoisotopic (exact) mass is 342 g/mol. The van der Waals surface area contributed by atoms with Gasteiger partial charge in [-0.2, -0.15) is 0 Å². The molecule has 4 rings (SSSR count). The summed E-state index contributed by atoms with van der Waals surface area (Å²) in [5.74, 6) is 2.48. The number of fused-ring (bicyclic) bond motifs is 5. The molecule has 4 atom stereocenters. The number of likely N-dealkylation sites (tertiary alicyclic amines) is 1. The Labute approximate surface area is 138 Å². The molecule has 0 radical (unpaired) electrons. The Morgan fingerprint density at radius 3 is 2.52 bits per heavy atom. The summed E-state index contributed by atoms with van der Waals surface area (Å²) in [4.78, 5) is 6.71. The maximum Gasteiger partial charge on any atom is 0.214 e. The lowest BCUT2D eigenvalue weighted by Crippen LogP contribution is -2.44. The van der Waals surface area contributed by atoms with Gasteiger partial charge in [0.15, 0.2) is 5.96 Å². The zero-order valence-corrected chi connectivity index (χ0v) is 14.5. The predicted octanol–water partition coefficient (Wildman–Crippen LogP) is -0.293. The van der Waals surface area contributed by atoms with Crippen molar-refractivity contribution in [2.75, 3.05) is 45.5 Å². The molecule has 0 spiro atoms. The number of ether oxygens (including phenoxy) is 1. The number of hydrogen-bond acceptors (Lipinski definition) is 4. The van der Waals surface area contributed by atoms with Gasteiger partial charge in [0.05, 0.1) is 18.0 Å². The molecule has 4 heterocycles. The molecule has 4 aliphatic heterocycles. The Hall–Kier alpha value is -0.860. The molecule has 0 aromatic rings. The first kappa shape index (κ1) is 15.7. The summed E-state index contributed by atoms with van der Waals surface area (Å²) in [5.41, 5.74) is 0. The van der Waals surface area contributed by atoms with Crippen molar-refractivity contribution < 1.29 is 13.2 Å². The third-order valence-corrected chi connectivity index (χ3v) is 7.77. The summed E-state index contributed by atoms with van der Waals surface area (Å²) in [5, 5.41) is 3.34. The lowest BCUT2D eigenvalue weighted by atomic mass is 9.82. The highest BCUT2D eigenvalue weighted by atomic mass is 32.2. The number of hydrogen-bond donors (Lipinski definition) is 1. The van der Waals surface area contributed by atoms with E-state index in [0.29, 0.717) is 49.4 Å². The second kappa shape index (κ2) is 5.89. The topological polar surface area (TPSA) is 74.2 Å². The van der Waals surface area contributed by atoms with Crippen LogP contribution in [-0.4, -0.2) is 81.3 Å². The van der Waals surface area contributed by atoms with Gasteiger partial charge in [0.1, 0.15) is 0 Å². The van der Waals surface area contributed by atoms with Gasteiger partial charge >= 0.3 is 0 Å². The number of aliphatic imine (C=N–C) groups is 1. The number of guanidine groups is 1. The van der Waals surface area contributed by atoms with E-state index in [1.165, 1.54) is 12.8 Å². The predicted molar refractivity (Wildman–Crippen MR) is 87.8 cm³/mol. The summed E-state index contributed by atoms with van der Waals surface area (Å²) in [6, 6.07) is 0. The molecule has 4 fully saturated rings. The third kappa shape index (κ3) is 2.74. The van der Waals surface area contributed by atoms with Gasteiger partial charge in [0, 0.05) is 51.6 Å². The summed E-state index contributed by atoms with van der Waals surface area (Å²) < 4.78 is 31.2. The fourth-order valence-corrected chi connectivity index (χ4v) is 6.23. The summed E-state index contributed by atoms with van der Waals surface area (Å²) >= 11 is 0. The van der Waals surface area contributed by atoms with Gasteiger partial charge in [-0.1, -0.05) is 0 Å². The highest BCUT2D eigenvalue weighted by Gasteiger charge is 2.53. The fraction of sp³-hybridized carbons (Fsp3) is 0.933. The molecule has 0 aliphatic carbocycles. The lowest BCUT2D eigenvalue weighted by Gasteiger charge is -2.24. The second-order valence-corrected chi connectivity index (χ2v) is 9.15. The SMILES string of the molecule is CN=C(NCCN1CCCS1(=O)=O)N1CC2C3CCC(O3)C2C1.